The van der Waals surface area contributed by atoms with Crippen molar-refractivity contribution < 1.29 is 30.0 Å². The van der Waals surface area contributed by atoms with Crippen molar-refractivity contribution in [3.63, 3.8) is 0 Å². The van der Waals surface area contributed by atoms with Crippen molar-refractivity contribution in [1.29, 1.82) is 0 Å². The molecule has 3 N–H and O–H groups in total. The summed E-state index contributed by atoms with van der Waals surface area (Å²) in [4.78, 5) is -1.61. The molecule has 11 heteroatoms. The van der Waals surface area contributed by atoms with Gasteiger partial charge in [-0.2, -0.15) is 13.2 Å². The largest absolute Gasteiger partial charge is 0.402 e. The van der Waals surface area contributed by atoms with Crippen LogP contribution in [-0.4, -0.2) is 29.6 Å². The van der Waals surface area contributed by atoms with Crippen LogP contribution in [0.15, 0.2) is 34.1 Å². The maximum Gasteiger partial charge on any atom is 0.402 e. The zero-order chi connectivity index (χ0) is 14.9. The Labute approximate surface area is 107 Å². The van der Waals surface area contributed by atoms with Crippen LogP contribution < -0.4 is 9.86 Å². The number of halogens is 3. The van der Waals surface area contributed by atoms with E-state index in [0.29, 0.717) is 0 Å². The molecule has 0 aliphatic carbocycles. The number of nitrogens with two attached hydrogens (primary N) is 1. The normalized spacial score (nSPS) is 13.5. The quantitative estimate of drug-likeness (QED) is 0.825. The van der Waals surface area contributed by atoms with Gasteiger partial charge in [-0.15, -0.1) is 0 Å². The highest BCUT2D eigenvalue weighted by atomic mass is 32.2. The molecule has 0 aliphatic heterocycles. The monoisotopic (exact) mass is 318 g/mol. The van der Waals surface area contributed by atoms with Gasteiger partial charge in [0.15, 0.2) is 0 Å². The van der Waals surface area contributed by atoms with E-state index in [1.807, 2.05) is 0 Å². The number of hydrogen-bond donors (Lipinski definition) is 2. The number of benzene rings is 1. The Morgan fingerprint density at radius 3 is 1.95 bits per heavy atom. The third kappa shape index (κ3) is 4.45. The lowest BCUT2D eigenvalue weighted by atomic mass is 10.4. The molecular weight excluding hydrogens is 309 g/mol. The summed E-state index contributed by atoms with van der Waals surface area (Å²) in [6.07, 6.45) is -4.76. The lowest BCUT2D eigenvalue weighted by Crippen LogP contribution is -2.34. The minimum absolute atomic E-state index is 0.773. The first kappa shape index (κ1) is 15.9. The molecule has 0 fully saturated rings. The highest BCUT2D eigenvalue weighted by molar-refractivity contribution is 7.92. The molecule has 1 aromatic rings. The van der Waals surface area contributed by atoms with E-state index in [2.05, 4.69) is 0 Å². The van der Waals surface area contributed by atoms with Gasteiger partial charge in [-0.3, -0.25) is 0 Å². The second-order valence-corrected chi connectivity index (χ2v) is 6.70. The van der Waals surface area contributed by atoms with E-state index in [1.165, 1.54) is 10.8 Å². The van der Waals surface area contributed by atoms with Gasteiger partial charge >= 0.3 is 6.18 Å². The number of hydrogen-bond acceptors (Lipinski definition) is 4. The first-order valence-corrected chi connectivity index (χ1v) is 7.65. The highest BCUT2D eigenvalue weighted by Gasteiger charge is 2.31. The Balaban J connectivity index is 3.24. The van der Waals surface area contributed by atoms with Gasteiger partial charge in [0.05, 0.1) is 0 Å². The second-order valence-electron chi connectivity index (χ2n) is 3.43. The minimum atomic E-state index is -4.76. The average Bonchev–Trinajstić information content (AvgIpc) is 2.25. The summed E-state index contributed by atoms with van der Waals surface area (Å²) in [5, 5.41) is 4.79. The van der Waals surface area contributed by atoms with Crippen molar-refractivity contribution in [2.45, 2.75) is 16.0 Å². The molecule has 108 valence electrons. The fourth-order valence-corrected chi connectivity index (χ4v) is 3.56. The van der Waals surface area contributed by atoms with Gasteiger partial charge in [-0.1, -0.05) is 12.1 Å². The molecule has 0 bridgehead atoms. The maximum absolute atomic E-state index is 12.0. The summed E-state index contributed by atoms with van der Waals surface area (Å²) in [5.74, 6) is 0. The summed E-state index contributed by atoms with van der Waals surface area (Å²) in [6.45, 7) is -1.81. The van der Waals surface area contributed by atoms with Gasteiger partial charge in [0.1, 0.15) is 16.3 Å². The zero-order valence-corrected chi connectivity index (χ0v) is 10.8. The van der Waals surface area contributed by atoms with Gasteiger partial charge in [0.25, 0.3) is 0 Å². The molecule has 0 saturated heterocycles. The number of alkyl halides is 3. The first-order chi connectivity index (χ1) is 8.43. The van der Waals surface area contributed by atoms with Crippen molar-refractivity contribution in [3.05, 3.63) is 24.3 Å². The van der Waals surface area contributed by atoms with Gasteiger partial charge in [-0.25, -0.2) is 26.7 Å². The molecule has 0 aliphatic rings. The number of rotatable bonds is 4. The molecule has 0 saturated carbocycles. The fourth-order valence-electron chi connectivity index (χ4n) is 1.16. The molecule has 6 nitrogen and oxygen atoms in total. The zero-order valence-electron chi connectivity index (χ0n) is 9.18. The molecule has 0 radical (unpaired) electrons. The lowest BCUT2D eigenvalue weighted by molar-refractivity contribution is -0.121. The van der Waals surface area contributed by atoms with Crippen molar-refractivity contribution in [1.82, 2.24) is 4.72 Å². The summed E-state index contributed by atoms with van der Waals surface area (Å²) in [5.41, 5.74) is 0. The van der Waals surface area contributed by atoms with Gasteiger partial charge in [0.2, 0.25) is 20.0 Å². The van der Waals surface area contributed by atoms with Crippen LogP contribution in [0.3, 0.4) is 0 Å². The Bertz CT molecular complexity index is 667. The van der Waals surface area contributed by atoms with Crippen molar-refractivity contribution in [2.75, 3.05) is 6.54 Å². The SMILES string of the molecule is NS(=O)(=O)c1ccccc1S(=O)(=O)NCC(F)(F)F. The third-order valence-corrected chi connectivity index (χ3v) is 4.47. The predicted octanol–water partition coefficient (Wildman–Crippen LogP) is 0.175. The van der Waals surface area contributed by atoms with E-state index in [9.17, 15) is 30.0 Å². The van der Waals surface area contributed by atoms with E-state index >= 15 is 0 Å². The van der Waals surface area contributed by atoms with Gasteiger partial charge in [0, 0.05) is 0 Å². The van der Waals surface area contributed by atoms with Crippen LogP contribution in [-0.2, 0) is 20.0 Å². The van der Waals surface area contributed by atoms with Crippen LogP contribution in [0.1, 0.15) is 0 Å². The minimum Gasteiger partial charge on any atom is -0.225 e. The molecule has 0 unspecified atom stereocenters. The van der Waals surface area contributed by atoms with Crippen LogP contribution in [0.4, 0.5) is 13.2 Å². The van der Waals surface area contributed by atoms with Crippen molar-refractivity contribution >= 4 is 20.0 Å². The van der Waals surface area contributed by atoms with Crippen LogP contribution >= 0.6 is 0 Å². The van der Waals surface area contributed by atoms with Crippen LogP contribution in [0, 0.1) is 0 Å². The van der Waals surface area contributed by atoms with Crippen LogP contribution in [0.2, 0.25) is 0 Å². The molecule has 0 amide bonds. The average molecular weight is 318 g/mol. The highest BCUT2D eigenvalue weighted by Crippen LogP contribution is 2.20. The third-order valence-electron chi connectivity index (χ3n) is 1.91. The lowest BCUT2D eigenvalue weighted by Gasteiger charge is -2.11. The standard InChI is InChI=1S/C8H9F3N2O4S2/c9-8(10,11)5-13-19(16,17)7-4-2-1-3-6(7)18(12,14)15/h1-4,13H,5H2,(H2,12,14,15). The second kappa shape index (κ2) is 5.07. The summed E-state index contributed by atoms with van der Waals surface area (Å²) >= 11 is 0. The topological polar surface area (TPSA) is 106 Å². The number of nitrogens with one attached hydrogen (secondary N) is 1. The molecular formula is C8H9F3N2O4S2. The first-order valence-electron chi connectivity index (χ1n) is 4.62. The van der Waals surface area contributed by atoms with Crippen LogP contribution in [0.5, 0.6) is 0 Å². The molecule has 1 rings (SSSR count). The van der Waals surface area contributed by atoms with E-state index < -0.39 is 42.6 Å². The molecule has 0 aromatic heterocycles. The van der Waals surface area contributed by atoms with E-state index in [1.54, 1.807) is 0 Å². The Morgan fingerprint density at radius 2 is 1.53 bits per heavy atom. The molecule has 0 spiro atoms. The molecule has 19 heavy (non-hydrogen) atoms. The summed E-state index contributed by atoms with van der Waals surface area (Å²) < 4.78 is 82.7. The van der Waals surface area contributed by atoms with Crippen molar-refractivity contribution in [2.24, 2.45) is 5.14 Å². The fraction of sp³-hybridized carbons (Fsp3) is 0.250. The number of sulfonamides is 2. The Morgan fingerprint density at radius 1 is 1.05 bits per heavy atom. The predicted molar refractivity (Wildman–Crippen MR) is 59.1 cm³/mol. The van der Waals surface area contributed by atoms with Crippen LogP contribution in [0.25, 0.3) is 0 Å². The summed E-state index contributed by atoms with van der Waals surface area (Å²) in [7, 11) is -9.01. The molecule has 1 aromatic carbocycles. The molecule has 0 atom stereocenters. The van der Waals surface area contributed by atoms with E-state index in [0.717, 1.165) is 18.2 Å². The number of primary sulfonamides is 1. The van der Waals surface area contributed by atoms with Gasteiger partial charge in [-0.05, 0) is 12.1 Å². The smallest absolute Gasteiger partial charge is 0.225 e. The van der Waals surface area contributed by atoms with E-state index in [-0.39, 0.29) is 0 Å². The maximum atomic E-state index is 12.0. The Hall–Kier alpha value is -1.17. The van der Waals surface area contributed by atoms with Gasteiger partial charge < -0.3 is 0 Å². The van der Waals surface area contributed by atoms with E-state index in [4.69, 9.17) is 5.14 Å². The molecule has 0 heterocycles. The Kier molecular flexibility index (Phi) is 4.24. The van der Waals surface area contributed by atoms with Crippen molar-refractivity contribution in [3.8, 4) is 0 Å². The summed E-state index contributed by atoms with van der Waals surface area (Å²) in [6, 6.07) is 4.09.